The maximum atomic E-state index is 12.4. The number of rotatable bonds is 6. The van der Waals surface area contributed by atoms with Crippen molar-refractivity contribution < 1.29 is 9.53 Å². The largest absolute Gasteiger partial charge is 0.494 e. The van der Waals surface area contributed by atoms with Gasteiger partial charge in [0.15, 0.2) is 0 Å². The number of nitrogens with zero attached hydrogens (tertiary/aromatic N) is 1. The Morgan fingerprint density at radius 2 is 2.00 bits per heavy atom. The van der Waals surface area contributed by atoms with Crippen molar-refractivity contribution in [2.24, 2.45) is 5.92 Å². The minimum absolute atomic E-state index is 0.0601. The van der Waals surface area contributed by atoms with E-state index in [-0.39, 0.29) is 5.91 Å². The first kappa shape index (κ1) is 19.3. The van der Waals surface area contributed by atoms with E-state index in [4.69, 9.17) is 4.74 Å². The number of amides is 1. The normalized spacial score (nSPS) is 16.9. The van der Waals surface area contributed by atoms with Gasteiger partial charge in [-0.2, -0.15) is 0 Å². The molecule has 4 nitrogen and oxygen atoms in total. The Labute approximate surface area is 162 Å². The smallest absolute Gasteiger partial charge is 0.251 e. The van der Waals surface area contributed by atoms with Crippen molar-refractivity contribution in [2.45, 2.75) is 40.2 Å². The molecule has 1 atom stereocenters. The lowest BCUT2D eigenvalue weighted by Gasteiger charge is -2.32. The molecule has 1 heterocycles. The van der Waals surface area contributed by atoms with Gasteiger partial charge in [0.2, 0.25) is 0 Å². The van der Waals surface area contributed by atoms with E-state index in [1.54, 1.807) is 0 Å². The molecule has 1 aliphatic rings. The quantitative estimate of drug-likeness (QED) is 0.815. The molecule has 0 bridgehead atoms. The van der Waals surface area contributed by atoms with Gasteiger partial charge in [-0.3, -0.25) is 4.79 Å². The Morgan fingerprint density at radius 1 is 1.22 bits per heavy atom. The van der Waals surface area contributed by atoms with Crippen LogP contribution in [0.1, 0.15) is 48.2 Å². The van der Waals surface area contributed by atoms with Crippen LogP contribution in [-0.2, 0) is 6.54 Å². The van der Waals surface area contributed by atoms with Crippen molar-refractivity contribution >= 4 is 11.6 Å². The number of anilines is 1. The average Bonchev–Trinajstić information content (AvgIpc) is 2.68. The van der Waals surface area contributed by atoms with Crippen LogP contribution in [-0.4, -0.2) is 25.6 Å². The zero-order chi connectivity index (χ0) is 19.2. The van der Waals surface area contributed by atoms with E-state index in [0.29, 0.717) is 18.7 Å². The van der Waals surface area contributed by atoms with Gasteiger partial charge in [-0.1, -0.05) is 19.1 Å². The molecule has 1 amide bonds. The summed E-state index contributed by atoms with van der Waals surface area (Å²) in [6.45, 7) is 9.66. The summed E-state index contributed by atoms with van der Waals surface area (Å²) in [4.78, 5) is 14.9. The van der Waals surface area contributed by atoms with Crippen LogP contribution in [0.4, 0.5) is 5.69 Å². The van der Waals surface area contributed by atoms with E-state index in [0.717, 1.165) is 35.9 Å². The monoisotopic (exact) mass is 366 g/mol. The molecule has 0 aliphatic carbocycles. The van der Waals surface area contributed by atoms with Crippen LogP contribution >= 0.6 is 0 Å². The topological polar surface area (TPSA) is 41.6 Å². The predicted molar refractivity (Wildman–Crippen MR) is 111 cm³/mol. The lowest BCUT2D eigenvalue weighted by atomic mass is 9.99. The Morgan fingerprint density at radius 3 is 2.67 bits per heavy atom. The van der Waals surface area contributed by atoms with Crippen molar-refractivity contribution in [1.82, 2.24) is 5.32 Å². The van der Waals surface area contributed by atoms with Crippen molar-refractivity contribution in [3.8, 4) is 5.75 Å². The average molecular weight is 367 g/mol. The molecule has 1 fully saturated rings. The number of carbonyl (C=O) groups excluding carboxylic acids is 1. The molecule has 3 rings (SSSR count). The SMILES string of the molecule is CCOc1ccc(C(=O)NCc2ccc(N3CCCC(C)C3)cc2)cc1C. The zero-order valence-electron chi connectivity index (χ0n) is 16.6. The molecule has 0 radical (unpaired) electrons. The first-order chi connectivity index (χ1) is 13.1. The number of hydrogen-bond acceptors (Lipinski definition) is 3. The van der Waals surface area contributed by atoms with Crippen LogP contribution in [0.15, 0.2) is 42.5 Å². The van der Waals surface area contributed by atoms with E-state index in [1.165, 1.54) is 18.5 Å². The Hall–Kier alpha value is -2.49. The van der Waals surface area contributed by atoms with Crippen molar-refractivity contribution in [3.05, 3.63) is 59.2 Å². The Bertz CT molecular complexity index is 770. The standard InChI is InChI=1S/C23H30N2O2/c1-4-27-22-12-9-20(14-18(22)3)23(26)24-15-19-7-10-21(11-8-19)25-13-5-6-17(2)16-25/h7-12,14,17H,4-6,13,15-16H2,1-3H3,(H,24,26). The zero-order valence-corrected chi connectivity index (χ0v) is 16.6. The van der Waals surface area contributed by atoms with Gasteiger partial charge in [0.05, 0.1) is 6.61 Å². The van der Waals surface area contributed by atoms with Gasteiger partial charge in [0.25, 0.3) is 5.91 Å². The molecule has 0 saturated carbocycles. The number of carbonyl (C=O) groups is 1. The summed E-state index contributed by atoms with van der Waals surface area (Å²) in [7, 11) is 0. The fourth-order valence-electron chi connectivity index (χ4n) is 3.64. The van der Waals surface area contributed by atoms with E-state index in [1.807, 2.05) is 32.0 Å². The summed E-state index contributed by atoms with van der Waals surface area (Å²) < 4.78 is 5.53. The van der Waals surface area contributed by atoms with Crippen molar-refractivity contribution in [2.75, 3.05) is 24.6 Å². The summed E-state index contributed by atoms with van der Waals surface area (Å²) in [6.07, 6.45) is 2.59. The first-order valence-electron chi connectivity index (χ1n) is 9.92. The van der Waals surface area contributed by atoms with Crippen LogP contribution in [0.25, 0.3) is 0 Å². The molecule has 4 heteroatoms. The lowest BCUT2D eigenvalue weighted by Crippen LogP contribution is -2.34. The van der Waals surface area contributed by atoms with Crippen LogP contribution < -0.4 is 15.0 Å². The van der Waals surface area contributed by atoms with Crippen LogP contribution in [0, 0.1) is 12.8 Å². The lowest BCUT2D eigenvalue weighted by molar-refractivity contribution is 0.0951. The molecule has 0 spiro atoms. The van der Waals surface area contributed by atoms with E-state index < -0.39 is 0 Å². The predicted octanol–water partition coefficient (Wildman–Crippen LogP) is 4.56. The minimum atomic E-state index is -0.0601. The fourth-order valence-corrected chi connectivity index (χ4v) is 3.64. The molecule has 1 N–H and O–H groups in total. The molecule has 2 aromatic rings. The highest BCUT2D eigenvalue weighted by molar-refractivity contribution is 5.94. The van der Waals surface area contributed by atoms with Crippen molar-refractivity contribution in [3.63, 3.8) is 0 Å². The molecular formula is C23H30N2O2. The summed E-state index contributed by atoms with van der Waals surface area (Å²) in [5, 5.41) is 3.01. The van der Waals surface area contributed by atoms with Crippen molar-refractivity contribution in [1.29, 1.82) is 0 Å². The Balaban J connectivity index is 1.56. The van der Waals surface area contributed by atoms with Crippen LogP contribution in [0.3, 0.4) is 0 Å². The highest BCUT2D eigenvalue weighted by atomic mass is 16.5. The number of aryl methyl sites for hydroxylation is 1. The number of ether oxygens (including phenoxy) is 1. The van der Waals surface area contributed by atoms with Gasteiger partial charge >= 0.3 is 0 Å². The second-order valence-corrected chi connectivity index (χ2v) is 7.46. The van der Waals surface area contributed by atoms with Gasteiger partial charge in [0.1, 0.15) is 5.75 Å². The van der Waals surface area contributed by atoms with Gasteiger partial charge in [-0.25, -0.2) is 0 Å². The number of benzene rings is 2. The van der Waals surface area contributed by atoms with Gasteiger partial charge in [-0.05, 0) is 74.1 Å². The molecule has 0 aromatic heterocycles. The van der Waals surface area contributed by atoms with Gasteiger partial charge in [-0.15, -0.1) is 0 Å². The molecule has 144 valence electrons. The Kier molecular flexibility index (Phi) is 6.38. The molecule has 1 saturated heterocycles. The molecular weight excluding hydrogens is 336 g/mol. The molecule has 1 unspecified atom stereocenters. The summed E-state index contributed by atoms with van der Waals surface area (Å²) in [5.74, 6) is 1.53. The third-order valence-electron chi connectivity index (χ3n) is 5.15. The maximum Gasteiger partial charge on any atom is 0.251 e. The van der Waals surface area contributed by atoms with Crippen LogP contribution in [0.2, 0.25) is 0 Å². The molecule has 27 heavy (non-hydrogen) atoms. The number of hydrogen-bond donors (Lipinski definition) is 1. The van der Waals surface area contributed by atoms with E-state index in [2.05, 4.69) is 41.4 Å². The summed E-state index contributed by atoms with van der Waals surface area (Å²) in [5.41, 5.74) is 4.03. The van der Waals surface area contributed by atoms with Gasteiger partial charge in [0, 0.05) is 30.9 Å². The highest BCUT2D eigenvalue weighted by Gasteiger charge is 2.16. The second-order valence-electron chi connectivity index (χ2n) is 7.46. The van der Waals surface area contributed by atoms with Gasteiger partial charge < -0.3 is 15.0 Å². The summed E-state index contributed by atoms with van der Waals surface area (Å²) >= 11 is 0. The number of nitrogens with one attached hydrogen (secondary N) is 1. The van der Waals surface area contributed by atoms with E-state index >= 15 is 0 Å². The third-order valence-corrected chi connectivity index (χ3v) is 5.15. The molecule has 2 aromatic carbocycles. The first-order valence-corrected chi connectivity index (χ1v) is 9.92. The van der Waals surface area contributed by atoms with E-state index in [9.17, 15) is 4.79 Å². The fraction of sp³-hybridized carbons (Fsp3) is 0.435. The highest BCUT2D eigenvalue weighted by Crippen LogP contribution is 2.23. The second kappa shape index (κ2) is 8.94. The maximum absolute atomic E-state index is 12.4. The summed E-state index contributed by atoms with van der Waals surface area (Å²) in [6, 6.07) is 14.1. The molecule has 1 aliphatic heterocycles. The minimum Gasteiger partial charge on any atom is -0.494 e. The van der Waals surface area contributed by atoms with Crippen LogP contribution in [0.5, 0.6) is 5.75 Å². The third kappa shape index (κ3) is 5.03. The number of piperidine rings is 1.